The fourth-order valence-corrected chi connectivity index (χ4v) is 3.43. The molecule has 1 aliphatic heterocycles. The first-order valence-corrected chi connectivity index (χ1v) is 8.89. The fourth-order valence-electron chi connectivity index (χ4n) is 3.43. The molecule has 0 unspecified atom stereocenters. The average molecular weight is 392 g/mol. The molecule has 1 aliphatic rings. The van der Waals surface area contributed by atoms with E-state index >= 15 is 0 Å². The monoisotopic (exact) mass is 392 g/mol. The molecule has 0 atom stereocenters. The summed E-state index contributed by atoms with van der Waals surface area (Å²) in [5.74, 6) is 0.236. The summed E-state index contributed by atoms with van der Waals surface area (Å²) in [7, 11) is 2.00. The van der Waals surface area contributed by atoms with Crippen molar-refractivity contribution in [3.63, 3.8) is 0 Å². The molecule has 8 nitrogen and oxygen atoms in total. The van der Waals surface area contributed by atoms with E-state index in [1.807, 2.05) is 24.9 Å². The minimum absolute atomic E-state index is 0.0739. The zero-order chi connectivity index (χ0) is 19.9. The van der Waals surface area contributed by atoms with Crippen molar-refractivity contribution in [3.05, 3.63) is 36.0 Å². The number of aromatic nitrogens is 6. The first-order chi connectivity index (χ1) is 13.3. The molecule has 0 saturated carbocycles. The van der Waals surface area contributed by atoms with E-state index < -0.39 is 12.0 Å². The minimum atomic E-state index is -4.60. The van der Waals surface area contributed by atoms with Crippen LogP contribution in [0.15, 0.2) is 24.5 Å². The lowest BCUT2D eigenvalue weighted by molar-refractivity contribution is -0.146. The maximum absolute atomic E-state index is 13.1. The molecule has 4 rings (SSSR count). The van der Waals surface area contributed by atoms with Crippen LogP contribution >= 0.6 is 0 Å². The van der Waals surface area contributed by atoms with Gasteiger partial charge in [-0.1, -0.05) is 0 Å². The van der Waals surface area contributed by atoms with Crippen molar-refractivity contribution >= 4 is 17.3 Å². The van der Waals surface area contributed by atoms with E-state index in [0.29, 0.717) is 18.9 Å². The zero-order valence-electron chi connectivity index (χ0n) is 15.4. The van der Waals surface area contributed by atoms with Gasteiger partial charge in [0.15, 0.2) is 5.65 Å². The van der Waals surface area contributed by atoms with Crippen molar-refractivity contribution in [1.29, 1.82) is 0 Å². The van der Waals surface area contributed by atoms with Crippen molar-refractivity contribution < 1.29 is 13.2 Å². The number of rotatable bonds is 3. The SMILES string of the molecule is Cc1cc(N(C)C2CCN(c3ccc4nnc(C(F)(F)F)n4n3)CC2)ncn1. The first kappa shape index (κ1) is 18.4. The molecule has 1 fully saturated rings. The van der Waals surface area contributed by atoms with E-state index in [1.54, 1.807) is 12.4 Å². The Morgan fingerprint density at radius 3 is 2.54 bits per heavy atom. The molecule has 0 amide bonds. The number of hydrogen-bond donors (Lipinski definition) is 0. The van der Waals surface area contributed by atoms with Crippen LogP contribution in [0.3, 0.4) is 0 Å². The molecule has 0 aliphatic carbocycles. The van der Waals surface area contributed by atoms with Crippen LogP contribution in [0.1, 0.15) is 24.4 Å². The molecule has 3 aromatic rings. The second-order valence-corrected chi connectivity index (χ2v) is 6.83. The van der Waals surface area contributed by atoms with Crippen LogP contribution in [-0.2, 0) is 6.18 Å². The fraction of sp³-hybridized carbons (Fsp3) is 0.471. The van der Waals surface area contributed by atoms with Gasteiger partial charge in [-0.3, -0.25) is 0 Å². The summed E-state index contributed by atoms with van der Waals surface area (Å²) in [6.45, 7) is 3.28. The first-order valence-electron chi connectivity index (χ1n) is 8.89. The van der Waals surface area contributed by atoms with E-state index in [2.05, 4.69) is 30.2 Å². The van der Waals surface area contributed by atoms with Gasteiger partial charge in [0.1, 0.15) is 18.0 Å². The second-order valence-electron chi connectivity index (χ2n) is 6.83. The molecule has 0 N–H and O–H groups in total. The van der Waals surface area contributed by atoms with Gasteiger partial charge in [-0.15, -0.1) is 15.3 Å². The maximum atomic E-state index is 13.1. The van der Waals surface area contributed by atoms with Crippen molar-refractivity contribution in [2.75, 3.05) is 29.9 Å². The van der Waals surface area contributed by atoms with Crippen molar-refractivity contribution in [1.82, 2.24) is 29.8 Å². The Labute approximate surface area is 159 Å². The summed E-state index contributed by atoms with van der Waals surface area (Å²) < 4.78 is 39.9. The molecule has 0 aromatic carbocycles. The molecule has 0 spiro atoms. The van der Waals surface area contributed by atoms with Crippen LogP contribution in [0, 0.1) is 6.92 Å². The summed E-state index contributed by atoms with van der Waals surface area (Å²) in [5.41, 5.74) is 0.978. The number of hydrogen-bond acceptors (Lipinski definition) is 7. The van der Waals surface area contributed by atoms with Crippen LogP contribution in [0.25, 0.3) is 5.65 Å². The lowest BCUT2D eigenvalue weighted by atomic mass is 10.0. The van der Waals surface area contributed by atoms with Gasteiger partial charge in [0.05, 0.1) is 0 Å². The number of halogens is 3. The predicted molar refractivity (Wildman–Crippen MR) is 96.2 cm³/mol. The van der Waals surface area contributed by atoms with Gasteiger partial charge in [0.2, 0.25) is 0 Å². The van der Waals surface area contributed by atoms with E-state index in [-0.39, 0.29) is 11.7 Å². The van der Waals surface area contributed by atoms with Gasteiger partial charge in [0.25, 0.3) is 5.82 Å². The Balaban J connectivity index is 1.49. The summed E-state index contributed by atoms with van der Waals surface area (Å²) in [6, 6.07) is 5.41. The van der Waals surface area contributed by atoms with Crippen LogP contribution in [-0.4, -0.2) is 56.0 Å². The van der Waals surface area contributed by atoms with Crippen molar-refractivity contribution in [2.24, 2.45) is 0 Å². The number of fused-ring (bicyclic) bond motifs is 1. The van der Waals surface area contributed by atoms with Gasteiger partial charge in [-0.25, -0.2) is 9.97 Å². The molecular weight excluding hydrogens is 373 g/mol. The van der Waals surface area contributed by atoms with Gasteiger partial charge in [0, 0.05) is 37.9 Å². The van der Waals surface area contributed by atoms with E-state index in [9.17, 15) is 13.2 Å². The van der Waals surface area contributed by atoms with Crippen LogP contribution < -0.4 is 9.80 Å². The van der Waals surface area contributed by atoms with E-state index in [4.69, 9.17) is 0 Å². The summed E-state index contributed by atoms with van der Waals surface area (Å²) in [6.07, 6.45) is -1.37. The van der Waals surface area contributed by atoms with Gasteiger partial charge >= 0.3 is 6.18 Å². The molecule has 0 bridgehead atoms. The topological polar surface area (TPSA) is 75.3 Å². The molecule has 148 valence electrons. The average Bonchev–Trinajstić information content (AvgIpc) is 3.11. The quantitative estimate of drug-likeness (QED) is 0.677. The Morgan fingerprint density at radius 2 is 1.86 bits per heavy atom. The van der Waals surface area contributed by atoms with E-state index in [0.717, 1.165) is 28.9 Å². The Hall–Kier alpha value is -2.98. The van der Waals surface area contributed by atoms with E-state index in [1.165, 1.54) is 6.07 Å². The molecule has 1 saturated heterocycles. The molecule has 4 heterocycles. The highest BCUT2D eigenvalue weighted by molar-refractivity contribution is 5.47. The van der Waals surface area contributed by atoms with Crippen LogP contribution in [0.2, 0.25) is 0 Å². The number of alkyl halides is 3. The predicted octanol–water partition coefficient (Wildman–Crippen LogP) is 2.35. The molecule has 11 heteroatoms. The largest absolute Gasteiger partial charge is 0.453 e. The van der Waals surface area contributed by atoms with Gasteiger partial charge < -0.3 is 9.80 Å². The molecule has 28 heavy (non-hydrogen) atoms. The lowest BCUT2D eigenvalue weighted by Crippen LogP contribution is -2.44. The third kappa shape index (κ3) is 3.43. The lowest BCUT2D eigenvalue weighted by Gasteiger charge is -2.37. The van der Waals surface area contributed by atoms with Crippen LogP contribution in [0.5, 0.6) is 0 Å². The minimum Gasteiger partial charge on any atom is -0.356 e. The van der Waals surface area contributed by atoms with Crippen LogP contribution in [0.4, 0.5) is 24.8 Å². The molecule has 3 aromatic heterocycles. The van der Waals surface area contributed by atoms with Crippen molar-refractivity contribution in [3.8, 4) is 0 Å². The van der Waals surface area contributed by atoms with Gasteiger partial charge in [-0.2, -0.15) is 17.7 Å². The molecule has 0 radical (unpaired) electrons. The number of piperidine rings is 1. The Morgan fingerprint density at radius 1 is 1.11 bits per heavy atom. The summed E-state index contributed by atoms with van der Waals surface area (Å²) in [4.78, 5) is 12.5. The summed E-state index contributed by atoms with van der Waals surface area (Å²) in [5, 5.41) is 10.9. The third-order valence-corrected chi connectivity index (χ3v) is 4.99. The Bertz CT molecular complexity index is 978. The van der Waals surface area contributed by atoms with Crippen molar-refractivity contribution in [2.45, 2.75) is 32.0 Å². The molecular formula is C17H19F3N8. The Kier molecular flexibility index (Phi) is 4.52. The number of nitrogens with zero attached hydrogens (tertiary/aromatic N) is 8. The second kappa shape index (κ2) is 6.88. The highest BCUT2D eigenvalue weighted by Gasteiger charge is 2.38. The number of anilines is 2. The number of aryl methyl sites for hydroxylation is 1. The smallest absolute Gasteiger partial charge is 0.356 e. The van der Waals surface area contributed by atoms with Gasteiger partial charge in [-0.05, 0) is 31.9 Å². The highest BCUT2D eigenvalue weighted by Crippen LogP contribution is 2.28. The zero-order valence-corrected chi connectivity index (χ0v) is 15.4. The summed E-state index contributed by atoms with van der Waals surface area (Å²) >= 11 is 0. The standard InChI is InChI=1S/C17H19F3N8/c1-11-9-15(22-10-21-11)26(2)12-5-7-27(8-6-12)14-4-3-13-23-24-16(17(18,19)20)28(13)25-14/h3-4,9-10,12H,5-8H2,1-2H3. The third-order valence-electron chi connectivity index (χ3n) is 4.99. The normalized spacial score (nSPS) is 16.0. The maximum Gasteiger partial charge on any atom is 0.453 e. The highest BCUT2D eigenvalue weighted by atomic mass is 19.4.